The fourth-order valence-corrected chi connectivity index (χ4v) is 2.62. The first-order valence-corrected chi connectivity index (χ1v) is 7.55. The second-order valence-corrected chi connectivity index (χ2v) is 5.79. The highest BCUT2D eigenvalue weighted by Gasteiger charge is 2.15. The molecule has 0 radical (unpaired) electrons. The van der Waals surface area contributed by atoms with Gasteiger partial charge in [-0.2, -0.15) is 5.10 Å². The lowest BCUT2D eigenvalue weighted by Crippen LogP contribution is -2.15. The Hall–Kier alpha value is -1.20. The van der Waals surface area contributed by atoms with E-state index in [0.717, 1.165) is 17.7 Å². The van der Waals surface area contributed by atoms with E-state index in [1.165, 1.54) is 6.07 Å². The molecule has 1 heterocycles. The minimum absolute atomic E-state index is 0.277. The van der Waals surface area contributed by atoms with E-state index in [9.17, 15) is 4.39 Å². The van der Waals surface area contributed by atoms with Gasteiger partial charge in [0.25, 0.3) is 0 Å². The number of halogens is 2. The van der Waals surface area contributed by atoms with Crippen molar-refractivity contribution in [2.45, 2.75) is 38.8 Å². The fraction of sp³-hybridized carbons (Fsp3) is 0.400. The number of nitrogens with two attached hydrogens (primary N) is 1. The van der Waals surface area contributed by atoms with Crippen LogP contribution in [0.4, 0.5) is 4.39 Å². The van der Waals surface area contributed by atoms with Gasteiger partial charge in [-0.25, -0.2) is 4.39 Å². The van der Waals surface area contributed by atoms with Crippen molar-refractivity contribution in [2.75, 3.05) is 0 Å². The van der Waals surface area contributed by atoms with Gasteiger partial charge in [-0.3, -0.25) is 4.68 Å². The number of hydrogen-bond donors (Lipinski definition) is 1. The van der Waals surface area contributed by atoms with Gasteiger partial charge in [0.05, 0.1) is 10.2 Å². The molecular weight excluding hydrogens is 321 g/mol. The Morgan fingerprint density at radius 2 is 2.15 bits per heavy atom. The standard InChI is InChI=1S/C15H19BrFN3/c1-3-10(2)20-8-7-11(19-20)9-14(18)12-5-4-6-13(17)15(12)16/h4-8,10,14H,3,9,18H2,1-2H3. The zero-order valence-corrected chi connectivity index (χ0v) is 13.3. The molecule has 2 aromatic rings. The smallest absolute Gasteiger partial charge is 0.137 e. The molecule has 2 N–H and O–H groups in total. The molecule has 108 valence electrons. The molecule has 0 fully saturated rings. The second kappa shape index (κ2) is 6.50. The maximum absolute atomic E-state index is 13.5. The van der Waals surface area contributed by atoms with Gasteiger partial charge in [-0.15, -0.1) is 0 Å². The molecule has 1 aromatic heterocycles. The van der Waals surface area contributed by atoms with Crippen molar-refractivity contribution in [2.24, 2.45) is 5.73 Å². The monoisotopic (exact) mass is 339 g/mol. The molecule has 0 amide bonds. The minimum atomic E-state index is -0.289. The molecule has 0 aliphatic heterocycles. The molecule has 1 aromatic carbocycles. The van der Waals surface area contributed by atoms with Crippen LogP contribution >= 0.6 is 15.9 Å². The van der Waals surface area contributed by atoms with E-state index in [4.69, 9.17) is 5.73 Å². The normalized spacial score (nSPS) is 14.2. The number of aromatic nitrogens is 2. The first-order chi connectivity index (χ1) is 9.52. The van der Waals surface area contributed by atoms with Crippen molar-refractivity contribution in [1.82, 2.24) is 9.78 Å². The van der Waals surface area contributed by atoms with Crippen molar-refractivity contribution in [1.29, 1.82) is 0 Å². The van der Waals surface area contributed by atoms with Gasteiger partial charge in [-0.1, -0.05) is 19.1 Å². The highest BCUT2D eigenvalue weighted by atomic mass is 79.9. The molecule has 20 heavy (non-hydrogen) atoms. The lowest BCUT2D eigenvalue weighted by atomic mass is 10.0. The van der Waals surface area contributed by atoms with Crippen LogP contribution in [0.3, 0.4) is 0 Å². The van der Waals surface area contributed by atoms with Crippen molar-refractivity contribution >= 4 is 15.9 Å². The third-order valence-corrected chi connectivity index (χ3v) is 4.35. The Morgan fingerprint density at radius 1 is 1.40 bits per heavy atom. The van der Waals surface area contributed by atoms with Crippen LogP contribution < -0.4 is 5.73 Å². The third-order valence-electron chi connectivity index (χ3n) is 3.52. The predicted molar refractivity (Wildman–Crippen MR) is 82.0 cm³/mol. The van der Waals surface area contributed by atoms with Gasteiger partial charge in [0.1, 0.15) is 5.82 Å². The number of hydrogen-bond acceptors (Lipinski definition) is 2. The Bertz CT molecular complexity index is 582. The SMILES string of the molecule is CCC(C)n1ccc(CC(N)c2cccc(F)c2Br)n1. The van der Waals surface area contributed by atoms with Crippen LogP contribution in [0.5, 0.6) is 0 Å². The summed E-state index contributed by atoms with van der Waals surface area (Å²) < 4.78 is 15.9. The average Bonchev–Trinajstić information content (AvgIpc) is 2.89. The van der Waals surface area contributed by atoms with Gasteiger partial charge in [-0.05, 0) is 47.0 Å². The molecule has 0 saturated heterocycles. The molecule has 2 rings (SSSR count). The summed E-state index contributed by atoms with van der Waals surface area (Å²) in [6, 6.07) is 6.99. The maximum atomic E-state index is 13.5. The van der Waals surface area contributed by atoms with E-state index in [2.05, 4.69) is 34.9 Å². The summed E-state index contributed by atoms with van der Waals surface area (Å²) in [5.74, 6) is -0.289. The molecule has 0 aliphatic carbocycles. The third kappa shape index (κ3) is 3.27. The number of nitrogens with zero attached hydrogens (tertiary/aromatic N) is 2. The summed E-state index contributed by atoms with van der Waals surface area (Å²) in [4.78, 5) is 0. The largest absolute Gasteiger partial charge is 0.324 e. The minimum Gasteiger partial charge on any atom is -0.324 e. The van der Waals surface area contributed by atoms with Gasteiger partial charge < -0.3 is 5.73 Å². The molecular formula is C15H19BrFN3. The lowest BCUT2D eigenvalue weighted by molar-refractivity contribution is 0.471. The molecule has 0 aliphatic rings. The summed E-state index contributed by atoms with van der Waals surface area (Å²) >= 11 is 3.25. The van der Waals surface area contributed by atoms with Crippen LogP contribution in [-0.4, -0.2) is 9.78 Å². The molecule has 2 atom stereocenters. The Kier molecular flexibility index (Phi) is 4.94. The fourth-order valence-electron chi connectivity index (χ4n) is 2.06. The lowest BCUT2D eigenvalue weighted by Gasteiger charge is -2.13. The molecule has 0 bridgehead atoms. The summed E-state index contributed by atoms with van der Waals surface area (Å²) in [6.45, 7) is 4.25. The van der Waals surface area contributed by atoms with Crippen LogP contribution in [0, 0.1) is 5.82 Å². The highest BCUT2D eigenvalue weighted by molar-refractivity contribution is 9.10. The average molecular weight is 340 g/mol. The van der Waals surface area contributed by atoms with Crippen LogP contribution in [0.2, 0.25) is 0 Å². The second-order valence-electron chi connectivity index (χ2n) is 5.00. The maximum Gasteiger partial charge on any atom is 0.137 e. The van der Waals surface area contributed by atoms with E-state index in [1.54, 1.807) is 6.07 Å². The highest BCUT2D eigenvalue weighted by Crippen LogP contribution is 2.26. The topological polar surface area (TPSA) is 43.8 Å². The van der Waals surface area contributed by atoms with Crippen molar-refractivity contribution in [3.63, 3.8) is 0 Å². The van der Waals surface area contributed by atoms with Gasteiger partial charge in [0, 0.05) is 24.7 Å². The first kappa shape index (κ1) is 15.2. The number of benzene rings is 1. The molecule has 0 spiro atoms. The summed E-state index contributed by atoms with van der Waals surface area (Å²) in [5.41, 5.74) is 7.86. The summed E-state index contributed by atoms with van der Waals surface area (Å²) in [7, 11) is 0. The molecule has 3 nitrogen and oxygen atoms in total. The number of rotatable bonds is 5. The zero-order valence-electron chi connectivity index (χ0n) is 11.7. The van der Waals surface area contributed by atoms with E-state index in [-0.39, 0.29) is 11.9 Å². The van der Waals surface area contributed by atoms with Crippen molar-refractivity contribution < 1.29 is 4.39 Å². The van der Waals surface area contributed by atoms with Crippen LogP contribution in [0.25, 0.3) is 0 Å². The summed E-state index contributed by atoms with van der Waals surface area (Å²) in [5, 5.41) is 4.53. The quantitative estimate of drug-likeness (QED) is 0.894. The predicted octanol–water partition coefficient (Wildman–Crippen LogP) is 4.00. The van der Waals surface area contributed by atoms with Gasteiger partial charge in [0.15, 0.2) is 0 Å². The Balaban J connectivity index is 2.13. The molecule has 5 heteroatoms. The van der Waals surface area contributed by atoms with Gasteiger partial charge >= 0.3 is 0 Å². The summed E-state index contributed by atoms with van der Waals surface area (Å²) in [6.07, 6.45) is 3.59. The Morgan fingerprint density at radius 3 is 2.85 bits per heavy atom. The first-order valence-electron chi connectivity index (χ1n) is 6.76. The van der Waals surface area contributed by atoms with Crippen LogP contribution in [0.15, 0.2) is 34.9 Å². The molecule has 2 unspecified atom stereocenters. The zero-order chi connectivity index (χ0) is 14.7. The van der Waals surface area contributed by atoms with E-state index < -0.39 is 0 Å². The van der Waals surface area contributed by atoms with E-state index in [1.807, 2.05) is 23.0 Å². The Labute approximate surface area is 127 Å². The molecule has 0 saturated carbocycles. The van der Waals surface area contributed by atoms with Crippen molar-refractivity contribution in [3.05, 3.63) is 52.0 Å². The van der Waals surface area contributed by atoms with Crippen LogP contribution in [-0.2, 0) is 6.42 Å². The van der Waals surface area contributed by atoms with Crippen LogP contribution in [0.1, 0.15) is 43.6 Å². The van der Waals surface area contributed by atoms with E-state index >= 15 is 0 Å². The van der Waals surface area contributed by atoms with E-state index in [0.29, 0.717) is 16.9 Å². The van der Waals surface area contributed by atoms with Crippen molar-refractivity contribution in [3.8, 4) is 0 Å². The van der Waals surface area contributed by atoms with Gasteiger partial charge in [0.2, 0.25) is 0 Å².